The SMILES string of the molecule is COCC[C@]1(C(=O)O)CCCN(C(=O)NC2CCCCC2)C1. The summed E-state index contributed by atoms with van der Waals surface area (Å²) in [6, 6.07) is 0.149. The largest absolute Gasteiger partial charge is 0.481 e. The number of likely N-dealkylation sites (tertiary alicyclic amines) is 1. The number of aliphatic carboxylic acids is 1. The van der Waals surface area contributed by atoms with Gasteiger partial charge in [0, 0.05) is 32.8 Å². The van der Waals surface area contributed by atoms with Gasteiger partial charge in [-0.05, 0) is 32.1 Å². The van der Waals surface area contributed by atoms with E-state index in [2.05, 4.69) is 5.32 Å². The van der Waals surface area contributed by atoms with Crippen LogP contribution in [0.1, 0.15) is 51.4 Å². The second kappa shape index (κ2) is 7.81. The third-order valence-corrected chi connectivity index (χ3v) is 5.04. The van der Waals surface area contributed by atoms with Gasteiger partial charge in [-0.2, -0.15) is 0 Å². The van der Waals surface area contributed by atoms with Crippen LogP contribution < -0.4 is 5.32 Å². The lowest BCUT2D eigenvalue weighted by atomic mass is 9.77. The van der Waals surface area contributed by atoms with Crippen molar-refractivity contribution < 1.29 is 19.4 Å². The monoisotopic (exact) mass is 312 g/mol. The van der Waals surface area contributed by atoms with Crippen LogP contribution in [-0.2, 0) is 9.53 Å². The van der Waals surface area contributed by atoms with Gasteiger partial charge in [-0.3, -0.25) is 4.79 Å². The number of methoxy groups -OCH3 is 1. The molecule has 6 heteroatoms. The number of hydrogen-bond donors (Lipinski definition) is 2. The molecule has 126 valence electrons. The molecule has 0 aromatic rings. The van der Waals surface area contributed by atoms with Crippen LogP contribution in [0.15, 0.2) is 0 Å². The number of carboxylic acid groups (broad SMARTS) is 1. The van der Waals surface area contributed by atoms with Crippen LogP contribution >= 0.6 is 0 Å². The summed E-state index contributed by atoms with van der Waals surface area (Å²) in [7, 11) is 1.58. The number of carbonyl (C=O) groups is 2. The summed E-state index contributed by atoms with van der Waals surface area (Å²) in [5.74, 6) is -0.820. The number of amides is 2. The zero-order valence-corrected chi connectivity index (χ0v) is 13.5. The van der Waals surface area contributed by atoms with Crippen LogP contribution in [0.3, 0.4) is 0 Å². The first kappa shape index (κ1) is 17.1. The van der Waals surface area contributed by atoms with Gasteiger partial charge in [-0.25, -0.2) is 4.79 Å². The second-order valence-electron chi connectivity index (χ2n) is 6.64. The van der Waals surface area contributed by atoms with E-state index in [9.17, 15) is 14.7 Å². The van der Waals surface area contributed by atoms with Crippen LogP contribution in [0, 0.1) is 5.41 Å². The molecule has 6 nitrogen and oxygen atoms in total. The highest BCUT2D eigenvalue weighted by Crippen LogP contribution is 2.34. The zero-order valence-electron chi connectivity index (χ0n) is 13.5. The Morgan fingerprint density at radius 3 is 2.64 bits per heavy atom. The molecular weight excluding hydrogens is 284 g/mol. The average molecular weight is 312 g/mol. The van der Waals surface area contributed by atoms with E-state index < -0.39 is 11.4 Å². The van der Waals surface area contributed by atoms with Crippen molar-refractivity contribution in [2.45, 2.75) is 57.4 Å². The maximum Gasteiger partial charge on any atom is 0.317 e. The van der Waals surface area contributed by atoms with E-state index in [0.717, 1.165) is 32.1 Å². The van der Waals surface area contributed by atoms with Crippen molar-refractivity contribution in [2.24, 2.45) is 5.41 Å². The van der Waals surface area contributed by atoms with Gasteiger partial charge in [0.05, 0.1) is 5.41 Å². The Hall–Kier alpha value is -1.30. The number of nitrogens with one attached hydrogen (secondary N) is 1. The molecule has 0 spiro atoms. The van der Waals surface area contributed by atoms with Crippen molar-refractivity contribution in [3.05, 3.63) is 0 Å². The first-order chi connectivity index (χ1) is 10.6. The first-order valence-corrected chi connectivity index (χ1v) is 8.35. The number of piperidine rings is 1. The summed E-state index contributed by atoms with van der Waals surface area (Å²) in [5.41, 5.74) is -0.863. The Balaban J connectivity index is 1.95. The number of rotatable bonds is 5. The third-order valence-electron chi connectivity index (χ3n) is 5.04. The maximum atomic E-state index is 12.4. The molecular formula is C16H28N2O4. The van der Waals surface area contributed by atoms with Crippen molar-refractivity contribution in [1.82, 2.24) is 10.2 Å². The molecule has 1 atom stereocenters. The highest BCUT2D eigenvalue weighted by atomic mass is 16.5. The van der Waals surface area contributed by atoms with Crippen molar-refractivity contribution in [2.75, 3.05) is 26.8 Å². The fourth-order valence-electron chi connectivity index (χ4n) is 3.60. The van der Waals surface area contributed by atoms with Gasteiger partial charge in [0.15, 0.2) is 0 Å². The molecule has 0 bridgehead atoms. The molecule has 1 saturated carbocycles. The zero-order chi connectivity index (χ0) is 16.0. The summed E-state index contributed by atoms with van der Waals surface area (Å²) in [4.78, 5) is 25.8. The summed E-state index contributed by atoms with van der Waals surface area (Å²) in [6.07, 6.45) is 7.44. The van der Waals surface area contributed by atoms with E-state index in [1.54, 1.807) is 12.0 Å². The lowest BCUT2D eigenvalue weighted by Crippen LogP contribution is -2.54. The molecule has 1 saturated heterocycles. The fraction of sp³-hybridized carbons (Fsp3) is 0.875. The summed E-state index contributed by atoms with van der Waals surface area (Å²) in [6.45, 7) is 1.33. The molecule has 1 heterocycles. The van der Waals surface area contributed by atoms with E-state index >= 15 is 0 Å². The van der Waals surface area contributed by atoms with Crippen molar-refractivity contribution in [3.63, 3.8) is 0 Å². The minimum absolute atomic E-state index is 0.102. The van der Waals surface area contributed by atoms with E-state index in [1.807, 2.05) is 0 Å². The molecule has 2 amide bonds. The van der Waals surface area contributed by atoms with Gasteiger partial charge < -0.3 is 20.1 Å². The summed E-state index contributed by atoms with van der Waals surface area (Å²) >= 11 is 0. The fourth-order valence-corrected chi connectivity index (χ4v) is 3.60. The molecule has 22 heavy (non-hydrogen) atoms. The normalized spacial score (nSPS) is 26.7. The summed E-state index contributed by atoms with van der Waals surface area (Å²) in [5, 5.41) is 12.7. The average Bonchev–Trinajstić information content (AvgIpc) is 2.54. The van der Waals surface area contributed by atoms with Gasteiger partial charge in [0.2, 0.25) is 0 Å². The molecule has 1 aliphatic heterocycles. The van der Waals surface area contributed by atoms with E-state index in [1.165, 1.54) is 6.42 Å². The Morgan fingerprint density at radius 2 is 2.00 bits per heavy atom. The summed E-state index contributed by atoms with van der Waals surface area (Å²) < 4.78 is 5.05. The number of carboxylic acids is 1. The predicted octanol–water partition coefficient (Wildman–Crippen LogP) is 2.23. The number of hydrogen-bond acceptors (Lipinski definition) is 3. The maximum absolute atomic E-state index is 12.4. The highest BCUT2D eigenvalue weighted by Gasteiger charge is 2.43. The third kappa shape index (κ3) is 4.12. The topological polar surface area (TPSA) is 78.9 Å². The number of urea groups is 1. The van der Waals surface area contributed by atoms with Gasteiger partial charge in [0.25, 0.3) is 0 Å². The molecule has 0 unspecified atom stereocenters. The molecule has 1 aliphatic carbocycles. The Labute approximate surface area is 132 Å². The lowest BCUT2D eigenvalue weighted by Gasteiger charge is -2.40. The number of nitrogens with zero attached hydrogens (tertiary/aromatic N) is 1. The standard InChI is InChI=1S/C16H28N2O4/c1-22-11-9-16(14(19)20)8-5-10-18(12-16)15(21)17-13-6-3-2-4-7-13/h13H,2-12H2,1H3,(H,17,21)(H,19,20)/t16-/m1/s1. The van der Waals surface area contributed by atoms with E-state index in [4.69, 9.17) is 4.74 Å². The smallest absolute Gasteiger partial charge is 0.317 e. The van der Waals surface area contributed by atoms with E-state index in [-0.39, 0.29) is 18.6 Å². The van der Waals surface area contributed by atoms with Crippen molar-refractivity contribution in [3.8, 4) is 0 Å². The minimum atomic E-state index is -0.863. The van der Waals surface area contributed by atoms with Crippen LogP contribution in [-0.4, -0.2) is 54.9 Å². The van der Waals surface area contributed by atoms with Crippen molar-refractivity contribution in [1.29, 1.82) is 0 Å². The molecule has 2 aliphatic rings. The van der Waals surface area contributed by atoms with Gasteiger partial charge in [-0.15, -0.1) is 0 Å². The van der Waals surface area contributed by atoms with Gasteiger partial charge in [-0.1, -0.05) is 19.3 Å². The lowest BCUT2D eigenvalue weighted by molar-refractivity contribution is -0.153. The molecule has 2 N–H and O–H groups in total. The predicted molar refractivity (Wildman–Crippen MR) is 82.8 cm³/mol. The second-order valence-corrected chi connectivity index (χ2v) is 6.64. The van der Waals surface area contributed by atoms with E-state index in [0.29, 0.717) is 26.0 Å². The Bertz CT molecular complexity index is 396. The quantitative estimate of drug-likeness (QED) is 0.816. The Morgan fingerprint density at radius 1 is 1.27 bits per heavy atom. The van der Waals surface area contributed by atoms with Gasteiger partial charge >= 0.3 is 12.0 Å². The number of ether oxygens (including phenoxy) is 1. The number of carbonyl (C=O) groups excluding carboxylic acids is 1. The van der Waals surface area contributed by atoms with Crippen LogP contribution in [0.5, 0.6) is 0 Å². The molecule has 0 radical (unpaired) electrons. The van der Waals surface area contributed by atoms with Crippen LogP contribution in [0.2, 0.25) is 0 Å². The first-order valence-electron chi connectivity index (χ1n) is 8.35. The molecule has 2 fully saturated rings. The van der Waals surface area contributed by atoms with Crippen molar-refractivity contribution >= 4 is 12.0 Å². The van der Waals surface area contributed by atoms with Crippen LogP contribution in [0.4, 0.5) is 4.79 Å². The van der Waals surface area contributed by atoms with Gasteiger partial charge in [0.1, 0.15) is 0 Å². The molecule has 0 aromatic carbocycles. The minimum Gasteiger partial charge on any atom is -0.481 e. The molecule has 2 rings (SSSR count). The highest BCUT2D eigenvalue weighted by molar-refractivity contribution is 5.79. The van der Waals surface area contributed by atoms with Crippen LogP contribution in [0.25, 0.3) is 0 Å². The molecule has 0 aromatic heterocycles. The Kier molecular flexibility index (Phi) is 6.06.